The van der Waals surface area contributed by atoms with E-state index in [-0.39, 0.29) is 5.25 Å². The van der Waals surface area contributed by atoms with Crippen LogP contribution in [0.2, 0.25) is 0 Å². The van der Waals surface area contributed by atoms with Crippen molar-refractivity contribution in [3.63, 3.8) is 0 Å². The lowest BCUT2D eigenvalue weighted by molar-refractivity contribution is 0.381. The van der Waals surface area contributed by atoms with Crippen LogP contribution < -0.4 is 0 Å². The van der Waals surface area contributed by atoms with Gasteiger partial charge in [-0.25, -0.2) is 0 Å². The Labute approximate surface area is 133 Å². The topological polar surface area (TPSA) is 38.9 Å². The molecule has 0 amide bonds. The summed E-state index contributed by atoms with van der Waals surface area (Å²) in [7, 11) is 0. The van der Waals surface area contributed by atoms with E-state index in [1.54, 1.807) is 23.1 Å². The summed E-state index contributed by atoms with van der Waals surface area (Å²) >= 11 is 6.74. The zero-order valence-corrected chi connectivity index (χ0v) is 13.8. The first-order valence-electron chi connectivity index (χ1n) is 6.02. The monoisotopic (exact) mass is 366 g/mol. The van der Waals surface area contributed by atoms with Crippen molar-refractivity contribution in [2.45, 2.75) is 17.1 Å². The number of rotatable bonds is 4. The quantitative estimate of drug-likeness (QED) is 0.578. The summed E-state index contributed by atoms with van der Waals surface area (Å²) in [6, 6.07) is 12.2. The van der Waals surface area contributed by atoms with Gasteiger partial charge < -0.3 is 4.52 Å². The van der Waals surface area contributed by atoms with E-state index in [0.29, 0.717) is 11.7 Å². The lowest BCUT2D eigenvalue weighted by Crippen LogP contribution is -1.88. The van der Waals surface area contributed by atoms with Crippen LogP contribution in [-0.2, 0) is 0 Å². The molecule has 0 aliphatic rings. The number of thioether (sulfide) groups is 1. The molecule has 2 heterocycles. The van der Waals surface area contributed by atoms with Crippen LogP contribution in [-0.4, -0.2) is 10.1 Å². The molecule has 0 saturated carbocycles. The third-order valence-corrected chi connectivity index (χ3v) is 5.15. The molecule has 0 fully saturated rings. The second-order valence-electron chi connectivity index (χ2n) is 4.15. The van der Waals surface area contributed by atoms with Gasteiger partial charge in [-0.1, -0.05) is 27.2 Å². The number of halogens is 1. The predicted octanol–water partition coefficient (Wildman–Crippen LogP) is 5.41. The molecule has 6 heteroatoms. The van der Waals surface area contributed by atoms with Crippen molar-refractivity contribution in [2.75, 3.05) is 0 Å². The first kappa shape index (κ1) is 13.9. The van der Waals surface area contributed by atoms with Crippen LogP contribution in [0, 0.1) is 0 Å². The number of nitrogens with zero attached hydrogens (tertiary/aromatic N) is 2. The first-order chi connectivity index (χ1) is 9.72. The Morgan fingerprint density at radius 3 is 2.75 bits per heavy atom. The molecule has 0 radical (unpaired) electrons. The van der Waals surface area contributed by atoms with Crippen LogP contribution in [0.4, 0.5) is 0 Å². The highest BCUT2D eigenvalue weighted by Crippen LogP contribution is 2.35. The van der Waals surface area contributed by atoms with Gasteiger partial charge in [0.15, 0.2) is 0 Å². The van der Waals surface area contributed by atoms with E-state index in [9.17, 15) is 0 Å². The number of thiophene rings is 1. The molecule has 0 aliphatic heterocycles. The Kier molecular flexibility index (Phi) is 4.24. The van der Waals surface area contributed by atoms with Gasteiger partial charge in [-0.15, -0.1) is 23.1 Å². The summed E-state index contributed by atoms with van der Waals surface area (Å²) in [4.78, 5) is 6.67. The zero-order valence-electron chi connectivity index (χ0n) is 10.6. The molecule has 0 bridgehead atoms. The van der Waals surface area contributed by atoms with Gasteiger partial charge in [0.1, 0.15) is 0 Å². The minimum absolute atomic E-state index is 0.123. The largest absolute Gasteiger partial charge is 0.338 e. The third-order valence-electron chi connectivity index (χ3n) is 2.66. The Hall–Kier alpha value is -1.11. The normalized spacial score (nSPS) is 12.5. The van der Waals surface area contributed by atoms with Crippen molar-refractivity contribution < 1.29 is 4.52 Å². The average Bonchev–Trinajstić information content (AvgIpc) is 3.11. The Bertz CT molecular complexity index is 680. The van der Waals surface area contributed by atoms with Gasteiger partial charge in [-0.2, -0.15) is 4.98 Å². The number of benzene rings is 1. The highest BCUT2D eigenvalue weighted by atomic mass is 79.9. The van der Waals surface area contributed by atoms with E-state index < -0.39 is 0 Å². The second kappa shape index (κ2) is 6.11. The van der Waals surface area contributed by atoms with E-state index in [1.807, 2.05) is 29.6 Å². The molecule has 0 N–H and O–H groups in total. The number of hydrogen-bond donors (Lipinski definition) is 0. The molecular weight excluding hydrogens is 356 g/mol. The van der Waals surface area contributed by atoms with Crippen molar-refractivity contribution in [1.29, 1.82) is 0 Å². The zero-order chi connectivity index (χ0) is 13.9. The standard InChI is InChI=1S/C14H11BrN2OS2/c1-9(20-11-6-4-10(15)5-7-11)14-16-13(17-18-14)12-3-2-8-19-12/h2-9H,1H3. The smallest absolute Gasteiger partial charge is 0.240 e. The van der Waals surface area contributed by atoms with E-state index in [0.717, 1.165) is 9.35 Å². The Morgan fingerprint density at radius 1 is 1.25 bits per heavy atom. The van der Waals surface area contributed by atoms with E-state index >= 15 is 0 Å². The fourth-order valence-electron chi connectivity index (χ4n) is 1.67. The van der Waals surface area contributed by atoms with E-state index in [2.05, 4.69) is 45.1 Å². The lowest BCUT2D eigenvalue weighted by Gasteiger charge is -2.05. The molecular formula is C14H11BrN2OS2. The second-order valence-corrected chi connectivity index (χ2v) is 7.43. The first-order valence-corrected chi connectivity index (χ1v) is 8.57. The fourth-order valence-corrected chi connectivity index (χ4v) is 3.49. The van der Waals surface area contributed by atoms with Crippen LogP contribution in [0.5, 0.6) is 0 Å². The van der Waals surface area contributed by atoms with Gasteiger partial charge in [0.2, 0.25) is 11.7 Å². The molecule has 20 heavy (non-hydrogen) atoms. The SMILES string of the molecule is CC(Sc1ccc(Br)cc1)c1nc(-c2cccs2)no1. The molecule has 0 aliphatic carbocycles. The number of aromatic nitrogens is 2. The van der Waals surface area contributed by atoms with Crippen molar-refractivity contribution in [3.8, 4) is 10.7 Å². The summed E-state index contributed by atoms with van der Waals surface area (Å²) in [6.45, 7) is 2.07. The van der Waals surface area contributed by atoms with Gasteiger partial charge in [0.25, 0.3) is 0 Å². The van der Waals surface area contributed by atoms with E-state index in [1.165, 1.54) is 4.90 Å². The minimum Gasteiger partial charge on any atom is -0.338 e. The average molecular weight is 367 g/mol. The van der Waals surface area contributed by atoms with Gasteiger partial charge in [-0.3, -0.25) is 0 Å². The fraction of sp³-hybridized carbons (Fsp3) is 0.143. The van der Waals surface area contributed by atoms with Crippen molar-refractivity contribution >= 4 is 39.0 Å². The van der Waals surface area contributed by atoms with Crippen LogP contribution in [0.1, 0.15) is 18.1 Å². The van der Waals surface area contributed by atoms with Crippen LogP contribution in [0.3, 0.4) is 0 Å². The molecule has 2 aromatic heterocycles. The molecule has 0 saturated heterocycles. The molecule has 3 nitrogen and oxygen atoms in total. The van der Waals surface area contributed by atoms with E-state index in [4.69, 9.17) is 4.52 Å². The van der Waals surface area contributed by atoms with Crippen molar-refractivity contribution in [2.24, 2.45) is 0 Å². The van der Waals surface area contributed by atoms with Crippen LogP contribution >= 0.6 is 39.0 Å². The van der Waals surface area contributed by atoms with Crippen molar-refractivity contribution in [1.82, 2.24) is 10.1 Å². The molecule has 0 spiro atoms. The predicted molar refractivity (Wildman–Crippen MR) is 86.0 cm³/mol. The van der Waals surface area contributed by atoms with Crippen LogP contribution in [0.25, 0.3) is 10.7 Å². The van der Waals surface area contributed by atoms with Crippen LogP contribution in [0.15, 0.2) is 55.7 Å². The maximum absolute atomic E-state index is 5.36. The molecule has 3 aromatic rings. The molecule has 1 unspecified atom stereocenters. The number of hydrogen-bond acceptors (Lipinski definition) is 5. The molecule has 102 valence electrons. The summed E-state index contributed by atoms with van der Waals surface area (Å²) in [5.74, 6) is 1.32. The highest BCUT2D eigenvalue weighted by molar-refractivity contribution is 9.10. The summed E-state index contributed by atoms with van der Waals surface area (Å²) in [5, 5.41) is 6.17. The van der Waals surface area contributed by atoms with Crippen molar-refractivity contribution in [3.05, 3.63) is 52.1 Å². The summed E-state index contributed by atoms with van der Waals surface area (Å²) < 4.78 is 6.44. The highest BCUT2D eigenvalue weighted by Gasteiger charge is 2.16. The van der Waals surface area contributed by atoms with Gasteiger partial charge >= 0.3 is 0 Å². The Balaban J connectivity index is 1.74. The molecule has 1 aromatic carbocycles. The summed E-state index contributed by atoms with van der Waals surface area (Å²) in [6.07, 6.45) is 0. The van der Waals surface area contributed by atoms with Gasteiger partial charge in [-0.05, 0) is 42.6 Å². The maximum atomic E-state index is 5.36. The Morgan fingerprint density at radius 2 is 2.05 bits per heavy atom. The maximum Gasteiger partial charge on any atom is 0.240 e. The molecule has 1 atom stereocenters. The van der Waals surface area contributed by atoms with Gasteiger partial charge in [0, 0.05) is 9.37 Å². The minimum atomic E-state index is 0.123. The van der Waals surface area contributed by atoms with Gasteiger partial charge in [0.05, 0.1) is 10.1 Å². The lowest BCUT2D eigenvalue weighted by atomic mass is 10.4. The third kappa shape index (κ3) is 3.13. The molecule has 3 rings (SSSR count). The summed E-state index contributed by atoms with van der Waals surface area (Å²) in [5.41, 5.74) is 0.